The summed E-state index contributed by atoms with van der Waals surface area (Å²) in [6.07, 6.45) is 1.86. The van der Waals surface area contributed by atoms with E-state index in [-0.39, 0.29) is 24.0 Å². The van der Waals surface area contributed by atoms with Gasteiger partial charge in [-0.3, -0.25) is 4.79 Å². The van der Waals surface area contributed by atoms with Crippen molar-refractivity contribution in [2.75, 3.05) is 6.61 Å². The molecule has 0 aromatic rings. The van der Waals surface area contributed by atoms with E-state index in [0.717, 1.165) is 17.9 Å². The van der Waals surface area contributed by atoms with Crippen LogP contribution in [0.4, 0.5) is 0 Å². The normalized spacial score (nSPS) is 26.4. The molecule has 1 rings (SSSR count). The summed E-state index contributed by atoms with van der Waals surface area (Å²) in [5, 5.41) is 12.7. The lowest BCUT2D eigenvalue weighted by atomic mass is 10.0. The SMILES string of the molecule is CCOC(=O)CC1CCC(C)(C)N1[O]. The molecule has 0 bridgehead atoms. The molecule has 1 saturated heterocycles. The van der Waals surface area contributed by atoms with Crippen molar-refractivity contribution in [2.24, 2.45) is 0 Å². The first kappa shape index (κ1) is 11.5. The number of nitrogens with zero attached hydrogens (tertiary/aromatic N) is 1. The Balaban J connectivity index is 2.44. The minimum absolute atomic E-state index is 0.191. The van der Waals surface area contributed by atoms with Crippen LogP contribution >= 0.6 is 0 Å². The standard InChI is InChI=1S/C10H18NO3/c1-4-14-9(12)7-8-5-6-10(2,3)11(8)13/h8H,4-7H2,1-3H3. The van der Waals surface area contributed by atoms with Crippen LogP contribution in [-0.2, 0) is 14.7 Å². The second-order valence-corrected chi connectivity index (χ2v) is 4.34. The zero-order valence-corrected chi connectivity index (χ0v) is 9.08. The van der Waals surface area contributed by atoms with Gasteiger partial charge in [0.25, 0.3) is 0 Å². The molecule has 0 spiro atoms. The summed E-state index contributed by atoms with van der Waals surface area (Å²) in [4.78, 5) is 11.2. The van der Waals surface area contributed by atoms with Gasteiger partial charge in [-0.2, -0.15) is 0 Å². The van der Waals surface area contributed by atoms with Crippen LogP contribution in [-0.4, -0.2) is 29.2 Å². The Morgan fingerprint density at radius 1 is 1.57 bits per heavy atom. The Morgan fingerprint density at radius 3 is 2.64 bits per heavy atom. The predicted molar refractivity (Wildman–Crippen MR) is 50.9 cm³/mol. The number of carbonyl (C=O) groups excluding carboxylic acids is 1. The molecular formula is C10H18NO3. The average Bonchev–Trinajstić information content (AvgIpc) is 2.33. The van der Waals surface area contributed by atoms with E-state index in [1.165, 1.54) is 0 Å². The molecule has 14 heavy (non-hydrogen) atoms. The molecule has 4 nitrogen and oxygen atoms in total. The molecule has 0 amide bonds. The van der Waals surface area contributed by atoms with Gasteiger partial charge >= 0.3 is 5.97 Å². The van der Waals surface area contributed by atoms with Crippen molar-refractivity contribution >= 4 is 5.97 Å². The number of hydroxylamine groups is 2. The first-order valence-corrected chi connectivity index (χ1v) is 5.09. The van der Waals surface area contributed by atoms with E-state index in [0.29, 0.717) is 6.61 Å². The van der Waals surface area contributed by atoms with Crippen molar-refractivity contribution in [3.8, 4) is 0 Å². The van der Waals surface area contributed by atoms with E-state index < -0.39 is 0 Å². The fraction of sp³-hybridized carbons (Fsp3) is 0.900. The van der Waals surface area contributed by atoms with Crippen LogP contribution in [0.25, 0.3) is 0 Å². The van der Waals surface area contributed by atoms with E-state index in [1.807, 2.05) is 13.8 Å². The number of rotatable bonds is 3. The molecule has 1 heterocycles. The maximum atomic E-state index is 11.7. The molecule has 0 saturated carbocycles. The molecule has 1 unspecified atom stereocenters. The molecule has 1 aliphatic heterocycles. The van der Waals surface area contributed by atoms with Crippen LogP contribution < -0.4 is 0 Å². The Hall–Kier alpha value is -0.610. The molecule has 0 aromatic carbocycles. The van der Waals surface area contributed by atoms with E-state index in [4.69, 9.17) is 4.74 Å². The summed E-state index contributed by atoms with van der Waals surface area (Å²) >= 11 is 0. The van der Waals surface area contributed by atoms with E-state index >= 15 is 0 Å². The first-order valence-electron chi connectivity index (χ1n) is 5.09. The van der Waals surface area contributed by atoms with Gasteiger partial charge < -0.3 is 4.74 Å². The van der Waals surface area contributed by atoms with Crippen LogP contribution in [0.5, 0.6) is 0 Å². The van der Waals surface area contributed by atoms with Crippen LogP contribution in [0.15, 0.2) is 0 Å². The monoisotopic (exact) mass is 200 g/mol. The summed E-state index contributed by atoms with van der Waals surface area (Å²) in [5.41, 5.74) is -0.322. The van der Waals surface area contributed by atoms with Gasteiger partial charge in [0.1, 0.15) is 0 Å². The van der Waals surface area contributed by atoms with Crippen molar-refractivity contribution in [2.45, 2.75) is 51.6 Å². The minimum Gasteiger partial charge on any atom is -0.466 e. The Labute approximate surface area is 84.8 Å². The fourth-order valence-corrected chi connectivity index (χ4v) is 1.84. The van der Waals surface area contributed by atoms with Crippen LogP contribution in [0.1, 0.15) is 40.0 Å². The van der Waals surface area contributed by atoms with Crippen molar-refractivity contribution in [3.05, 3.63) is 0 Å². The van der Waals surface area contributed by atoms with Gasteiger partial charge in [-0.25, -0.2) is 0 Å². The Kier molecular flexibility index (Phi) is 3.50. The van der Waals surface area contributed by atoms with Gasteiger partial charge in [0.2, 0.25) is 0 Å². The molecule has 1 aliphatic rings. The highest BCUT2D eigenvalue weighted by Crippen LogP contribution is 2.33. The molecule has 4 heteroatoms. The first-order chi connectivity index (χ1) is 6.47. The Bertz CT molecular complexity index is 215. The van der Waals surface area contributed by atoms with Crippen molar-refractivity contribution in [1.29, 1.82) is 0 Å². The summed E-state index contributed by atoms with van der Waals surface area (Å²) in [6.45, 7) is 5.97. The molecule has 0 aromatic heterocycles. The van der Waals surface area contributed by atoms with Crippen LogP contribution in [0.3, 0.4) is 0 Å². The molecule has 0 N–H and O–H groups in total. The zero-order chi connectivity index (χ0) is 10.8. The van der Waals surface area contributed by atoms with Gasteiger partial charge in [0.15, 0.2) is 0 Å². The third-order valence-electron chi connectivity index (χ3n) is 2.73. The smallest absolute Gasteiger partial charge is 0.307 e. The Morgan fingerprint density at radius 2 is 2.21 bits per heavy atom. The molecule has 81 valence electrons. The number of hydrogen-bond donors (Lipinski definition) is 0. The van der Waals surface area contributed by atoms with Crippen molar-refractivity contribution in [3.63, 3.8) is 0 Å². The summed E-state index contributed by atoms with van der Waals surface area (Å²) in [5.74, 6) is -0.268. The molecule has 1 fully saturated rings. The molecule has 0 aliphatic carbocycles. The topological polar surface area (TPSA) is 49.4 Å². The van der Waals surface area contributed by atoms with Gasteiger partial charge in [-0.05, 0) is 33.6 Å². The van der Waals surface area contributed by atoms with Gasteiger partial charge in [-0.15, -0.1) is 10.3 Å². The number of carbonyl (C=O) groups is 1. The van der Waals surface area contributed by atoms with E-state index in [9.17, 15) is 10.0 Å². The molecular weight excluding hydrogens is 182 g/mol. The third kappa shape index (κ3) is 2.45. The van der Waals surface area contributed by atoms with Crippen molar-refractivity contribution < 1.29 is 14.7 Å². The summed E-state index contributed by atoms with van der Waals surface area (Å²) in [6, 6.07) is -0.191. The lowest BCUT2D eigenvalue weighted by molar-refractivity contribution is -0.222. The highest BCUT2D eigenvalue weighted by atomic mass is 16.5. The average molecular weight is 200 g/mol. The van der Waals surface area contributed by atoms with Gasteiger partial charge in [-0.1, -0.05) is 0 Å². The highest BCUT2D eigenvalue weighted by Gasteiger charge is 2.40. The number of hydrogen-bond acceptors (Lipinski definition) is 3. The molecule has 1 radical (unpaired) electrons. The zero-order valence-electron chi connectivity index (χ0n) is 9.08. The van der Waals surface area contributed by atoms with Gasteiger partial charge in [0.05, 0.1) is 13.0 Å². The fourth-order valence-electron chi connectivity index (χ4n) is 1.84. The minimum atomic E-state index is -0.322. The van der Waals surface area contributed by atoms with Crippen molar-refractivity contribution in [1.82, 2.24) is 5.06 Å². The summed E-state index contributed by atoms with van der Waals surface area (Å²) in [7, 11) is 0. The lowest BCUT2D eigenvalue weighted by Crippen LogP contribution is -2.40. The van der Waals surface area contributed by atoms with E-state index in [1.54, 1.807) is 6.92 Å². The third-order valence-corrected chi connectivity index (χ3v) is 2.73. The van der Waals surface area contributed by atoms with Crippen LogP contribution in [0.2, 0.25) is 0 Å². The second-order valence-electron chi connectivity index (χ2n) is 4.34. The summed E-state index contributed by atoms with van der Waals surface area (Å²) < 4.78 is 4.82. The van der Waals surface area contributed by atoms with Gasteiger partial charge in [0, 0.05) is 11.6 Å². The quantitative estimate of drug-likeness (QED) is 0.649. The number of esters is 1. The largest absolute Gasteiger partial charge is 0.466 e. The highest BCUT2D eigenvalue weighted by molar-refractivity contribution is 5.70. The predicted octanol–water partition coefficient (Wildman–Crippen LogP) is 1.53. The maximum absolute atomic E-state index is 11.7. The van der Waals surface area contributed by atoms with Crippen LogP contribution in [0, 0.1) is 0 Å². The second kappa shape index (κ2) is 4.28. The number of ether oxygens (including phenoxy) is 1. The lowest BCUT2D eigenvalue weighted by Gasteiger charge is -2.26. The van der Waals surface area contributed by atoms with E-state index in [2.05, 4.69) is 0 Å². The maximum Gasteiger partial charge on any atom is 0.307 e. The molecule has 1 atom stereocenters.